The van der Waals surface area contributed by atoms with Gasteiger partial charge in [0, 0.05) is 43.4 Å². The Balaban J connectivity index is 1.24. The molecule has 0 radical (unpaired) electrons. The number of ether oxygens (including phenoxy) is 1. The second-order valence-corrected chi connectivity index (χ2v) is 7.90. The Bertz CT molecular complexity index is 774. The Morgan fingerprint density at radius 2 is 1.83 bits per heavy atom. The van der Waals surface area contributed by atoms with Crippen LogP contribution in [0.25, 0.3) is 0 Å². The van der Waals surface area contributed by atoms with Crippen LogP contribution in [0.5, 0.6) is 5.75 Å². The van der Waals surface area contributed by atoms with E-state index in [0.29, 0.717) is 17.3 Å². The number of carbonyl (C=O) groups is 1. The molecule has 3 rings (SSSR count). The van der Waals surface area contributed by atoms with Gasteiger partial charge < -0.3 is 15.0 Å². The summed E-state index contributed by atoms with van der Waals surface area (Å²) in [7, 11) is 0. The number of nitrogens with one attached hydrogen (secondary N) is 1. The summed E-state index contributed by atoms with van der Waals surface area (Å²) in [6.07, 6.45) is 2.06. The first-order valence-corrected chi connectivity index (χ1v) is 10.7. The van der Waals surface area contributed by atoms with Crippen LogP contribution in [0, 0.1) is 6.92 Å². The fourth-order valence-electron chi connectivity index (χ4n) is 3.47. The Labute approximate surface area is 178 Å². The van der Waals surface area contributed by atoms with E-state index in [1.807, 2.05) is 0 Å². The molecule has 2 aromatic rings. The zero-order valence-corrected chi connectivity index (χ0v) is 17.8. The Hall–Kier alpha value is -2.24. The van der Waals surface area contributed by atoms with Gasteiger partial charge in [-0.05, 0) is 68.3 Å². The average molecular weight is 416 g/mol. The first kappa shape index (κ1) is 21.5. The third-order valence-electron chi connectivity index (χ3n) is 5.15. The van der Waals surface area contributed by atoms with Crippen molar-refractivity contribution in [2.24, 2.45) is 0 Å². The van der Waals surface area contributed by atoms with Crippen molar-refractivity contribution < 1.29 is 9.53 Å². The normalized spacial score (nSPS) is 14.6. The smallest absolute Gasteiger partial charge is 0.257 e. The molecule has 0 spiro atoms. The zero-order chi connectivity index (χ0) is 20.5. The number of benzene rings is 2. The summed E-state index contributed by atoms with van der Waals surface area (Å²) >= 11 is 5.83. The Morgan fingerprint density at radius 3 is 2.55 bits per heavy atom. The number of halogens is 1. The largest absolute Gasteiger partial charge is 0.484 e. The van der Waals surface area contributed by atoms with Crippen LogP contribution in [0.15, 0.2) is 48.5 Å². The SMILES string of the molecule is Cc1cccc(N2CCN(CCCCNC(=O)COc3ccc(Cl)cc3)CC2)c1. The standard InChI is InChI=1S/C23H30ClN3O2/c1-19-5-4-6-21(17-19)27-15-13-26(14-16-27)12-3-2-11-25-23(28)18-29-22-9-7-20(24)8-10-22/h4-10,17H,2-3,11-16,18H2,1H3,(H,25,28). The quantitative estimate of drug-likeness (QED) is 0.633. The van der Waals surface area contributed by atoms with Crippen LogP contribution in [-0.2, 0) is 4.79 Å². The third kappa shape index (κ3) is 7.26. The van der Waals surface area contributed by atoms with Crippen molar-refractivity contribution in [2.75, 3.05) is 50.8 Å². The number of hydrogen-bond donors (Lipinski definition) is 1. The maximum atomic E-state index is 11.9. The molecule has 2 aromatic carbocycles. The van der Waals surface area contributed by atoms with Gasteiger partial charge >= 0.3 is 0 Å². The highest BCUT2D eigenvalue weighted by Crippen LogP contribution is 2.18. The summed E-state index contributed by atoms with van der Waals surface area (Å²) in [6.45, 7) is 8.27. The average Bonchev–Trinajstić information content (AvgIpc) is 2.73. The lowest BCUT2D eigenvalue weighted by atomic mass is 10.2. The summed E-state index contributed by atoms with van der Waals surface area (Å²) in [5.41, 5.74) is 2.64. The topological polar surface area (TPSA) is 44.8 Å². The molecule has 1 N–H and O–H groups in total. The number of rotatable bonds is 9. The lowest BCUT2D eigenvalue weighted by Crippen LogP contribution is -2.46. The van der Waals surface area contributed by atoms with Crippen LogP contribution >= 0.6 is 11.6 Å². The predicted molar refractivity (Wildman–Crippen MR) is 119 cm³/mol. The van der Waals surface area contributed by atoms with Crippen molar-refractivity contribution in [1.29, 1.82) is 0 Å². The van der Waals surface area contributed by atoms with Gasteiger partial charge in [-0.25, -0.2) is 0 Å². The molecule has 0 aromatic heterocycles. The highest BCUT2D eigenvalue weighted by atomic mass is 35.5. The van der Waals surface area contributed by atoms with Crippen molar-refractivity contribution in [3.63, 3.8) is 0 Å². The molecule has 1 aliphatic rings. The van der Waals surface area contributed by atoms with E-state index in [9.17, 15) is 4.79 Å². The van der Waals surface area contributed by atoms with E-state index in [2.05, 4.69) is 46.3 Å². The number of carbonyl (C=O) groups excluding carboxylic acids is 1. The number of anilines is 1. The molecule has 0 saturated carbocycles. The van der Waals surface area contributed by atoms with Gasteiger partial charge in [0.2, 0.25) is 0 Å². The van der Waals surface area contributed by atoms with Gasteiger partial charge in [-0.3, -0.25) is 9.69 Å². The molecule has 1 aliphatic heterocycles. The van der Waals surface area contributed by atoms with E-state index in [4.69, 9.17) is 16.3 Å². The zero-order valence-electron chi connectivity index (χ0n) is 17.1. The monoisotopic (exact) mass is 415 g/mol. The first-order valence-electron chi connectivity index (χ1n) is 10.3. The summed E-state index contributed by atoms with van der Waals surface area (Å²) in [5, 5.41) is 3.57. The molecule has 6 heteroatoms. The van der Waals surface area contributed by atoms with Crippen molar-refractivity contribution >= 4 is 23.2 Å². The molecule has 29 heavy (non-hydrogen) atoms. The van der Waals surface area contributed by atoms with Crippen molar-refractivity contribution in [2.45, 2.75) is 19.8 Å². The molecule has 0 unspecified atom stereocenters. The van der Waals surface area contributed by atoms with Gasteiger partial charge in [-0.2, -0.15) is 0 Å². The van der Waals surface area contributed by atoms with Crippen molar-refractivity contribution in [1.82, 2.24) is 10.2 Å². The molecule has 1 fully saturated rings. The molecular formula is C23H30ClN3O2. The summed E-state index contributed by atoms with van der Waals surface area (Å²) in [6, 6.07) is 15.7. The Morgan fingerprint density at radius 1 is 1.07 bits per heavy atom. The van der Waals surface area contributed by atoms with Gasteiger partial charge in [0.25, 0.3) is 5.91 Å². The lowest BCUT2D eigenvalue weighted by Gasteiger charge is -2.36. The van der Waals surface area contributed by atoms with Gasteiger partial charge in [0.05, 0.1) is 0 Å². The summed E-state index contributed by atoms with van der Waals surface area (Å²) in [4.78, 5) is 16.8. The second kappa shape index (κ2) is 11.1. The number of unbranched alkanes of at least 4 members (excludes halogenated alkanes) is 1. The molecule has 0 atom stereocenters. The van der Waals surface area contributed by atoms with E-state index in [-0.39, 0.29) is 12.5 Å². The van der Waals surface area contributed by atoms with E-state index < -0.39 is 0 Å². The van der Waals surface area contributed by atoms with Crippen LogP contribution in [-0.4, -0.2) is 56.7 Å². The van der Waals surface area contributed by atoms with E-state index >= 15 is 0 Å². The number of aryl methyl sites for hydroxylation is 1. The van der Waals surface area contributed by atoms with Crippen LogP contribution in [0.1, 0.15) is 18.4 Å². The molecule has 1 heterocycles. The molecule has 0 bridgehead atoms. The van der Waals surface area contributed by atoms with Crippen LogP contribution in [0.4, 0.5) is 5.69 Å². The summed E-state index contributed by atoms with van der Waals surface area (Å²) in [5.74, 6) is 0.557. The first-order chi connectivity index (χ1) is 14.1. The fraction of sp³-hybridized carbons (Fsp3) is 0.435. The molecule has 5 nitrogen and oxygen atoms in total. The molecular weight excluding hydrogens is 386 g/mol. The highest BCUT2D eigenvalue weighted by molar-refractivity contribution is 6.30. The number of amides is 1. The maximum absolute atomic E-state index is 11.9. The van der Waals surface area contributed by atoms with E-state index in [1.54, 1.807) is 24.3 Å². The molecule has 156 valence electrons. The lowest BCUT2D eigenvalue weighted by molar-refractivity contribution is -0.123. The molecule has 1 amide bonds. The van der Waals surface area contributed by atoms with Gasteiger partial charge in [-0.1, -0.05) is 23.7 Å². The maximum Gasteiger partial charge on any atom is 0.257 e. The Kier molecular flexibility index (Phi) is 8.20. The minimum atomic E-state index is -0.0910. The highest BCUT2D eigenvalue weighted by Gasteiger charge is 2.16. The van der Waals surface area contributed by atoms with E-state index in [0.717, 1.165) is 45.6 Å². The third-order valence-corrected chi connectivity index (χ3v) is 5.40. The number of hydrogen-bond acceptors (Lipinski definition) is 4. The minimum Gasteiger partial charge on any atom is -0.484 e. The molecule has 0 aliphatic carbocycles. The van der Waals surface area contributed by atoms with Gasteiger partial charge in [0.1, 0.15) is 5.75 Å². The van der Waals surface area contributed by atoms with Gasteiger partial charge in [-0.15, -0.1) is 0 Å². The van der Waals surface area contributed by atoms with E-state index in [1.165, 1.54) is 11.3 Å². The van der Waals surface area contributed by atoms with Crippen molar-refractivity contribution in [3.05, 3.63) is 59.1 Å². The minimum absolute atomic E-state index is 0.0303. The van der Waals surface area contributed by atoms with Crippen LogP contribution < -0.4 is 15.0 Å². The molecule has 1 saturated heterocycles. The number of piperazine rings is 1. The summed E-state index contributed by atoms with van der Waals surface area (Å²) < 4.78 is 5.45. The predicted octanol–water partition coefficient (Wildman–Crippen LogP) is 3.75. The fourth-order valence-corrected chi connectivity index (χ4v) is 3.60. The van der Waals surface area contributed by atoms with Gasteiger partial charge in [0.15, 0.2) is 6.61 Å². The second-order valence-electron chi connectivity index (χ2n) is 7.47. The van der Waals surface area contributed by atoms with Crippen molar-refractivity contribution in [3.8, 4) is 5.75 Å². The van der Waals surface area contributed by atoms with Crippen LogP contribution in [0.3, 0.4) is 0 Å². The number of nitrogens with zero attached hydrogens (tertiary/aromatic N) is 2. The van der Waals surface area contributed by atoms with Crippen LogP contribution in [0.2, 0.25) is 5.02 Å².